The van der Waals surface area contributed by atoms with Crippen LogP contribution < -0.4 is 0 Å². The van der Waals surface area contributed by atoms with Gasteiger partial charge in [-0.05, 0) is 167 Å². The van der Waals surface area contributed by atoms with Crippen LogP contribution in [0.25, 0.3) is 0 Å². The lowest BCUT2D eigenvalue weighted by Crippen LogP contribution is -2.69. The second-order valence-corrected chi connectivity index (χ2v) is 17.3. The van der Waals surface area contributed by atoms with Crippen molar-refractivity contribution in [2.45, 2.75) is 116 Å². The van der Waals surface area contributed by atoms with Crippen molar-refractivity contribution in [2.75, 3.05) is 0 Å². The highest BCUT2D eigenvalue weighted by molar-refractivity contribution is 5.32. The SMILES string of the molecule is C#CC12CC3CC(C1)CC(C14CC5CC(C1)CC(C16CC7CC(C#C)(CC(C#C)(C7)C1)C6)(C5)C4)(C3)C2. The molecule has 0 heterocycles. The van der Waals surface area contributed by atoms with E-state index in [-0.39, 0.29) is 16.2 Å². The second-order valence-electron chi connectivity index (χ2n) is 17.3. The van der Waals surface area contributed by atoms with Gasteiger partial charge in [0.1, 0.15) is 0 Å². The zero-order valence-corrected chi connectivity index (χ0v) is 22.3. The van der Waals surface area contributed by atoms with Crippen LogP contribution in [-0.2, 0) is 0 Å². The van der Waals surface area contributed by atoms with Crippen molar-refractivity contribution < 1.29 is 0 Å². The van der Waals surface area contributed by atoms with E-state index >= 15 is 0 Å². The molecule has 6 unspecified atom stereocenters. The summed E-state index contributed by atoms with van der Waals surface area (Å²) in [4.78, 5) is 0. The molecule has 0 saturated heterocycles. The Hall–Kier alpha value is -1.32. The van der Waals surface area contributed by atoms with Gasteiger partial charge in [-0.2, -0.15) is 0 Å². The molecule has 0 radical (unpaired) electrons. The molecule has 12 aliphatic carbocycles. The zero-order valence-electron chi connectivity index (χ0n) is 22.3. The molecule has 12 bridgehead atoms. The smallest absolute Gasteiger partial charge is 0.0334 e. The maximum atomic E-state index is 6.41. The minimum Gasteiger partial charge on any atom is -0.120 e. The average Bonchev–Trinajstić information content (AvgIpc) is 2.82. The number of terminal acetylenes is 3. The van der Waals surface area contributed by atoms with Crippen molar-refractivity contribution in [1.82, 2.24) is 0 Å². The number of hydrogen-bond acceptors (Lipinski definition) is 0. The molecule has 6 atom stereocenters. The van der Waals surface area contributed by atoms with Crippen LogP contribution in [0.2, 0.25) is 0 Å². The van der Waals surface area contributed by atoms with Crippen LogP contribution in [0.3, 0.4) is 0 Å². The normalized spacial score (nSPS) is 64.8. The van der Waals surface area contributed by atoms with E-state index < -0.39 is 0 Å². The summed E-state index contributed by atoms with van der Waals surface area (Å²) in [5.74, 6) is 14.9. The zero-order chi connectivity index (χ0) is 24.2. The Labute approximate surface area is 219 Å². The first-order valence-corrected chi connectivity index (χ1v) is 15.7. The first-order valence-electron chi connectivity index (χ1n) is 15.7. The highest BCUT2D eigenvalue weighted by Crippen LogP contribution is 2.84. The summed E-state index contributed by atoms with van der Waals surface area (Å²) in [6, 6.07) is 0. The van der Waals surface area contributed by atoms with Gasteiger partial charge < -0.3 is 0 Å². The van der Waals surface area contributed by atoms with Crippen LogP contribution in [0.5, 0.6) is 0 Å². The van der Waals surface area contributed by atoms with E-state index in [9.17, 15) is 0 Å². The molecule has 188 valence electrons. The van der Waals surface area contributed by atoms with Crippen LogP contribution in [0.4, 0.5) is 0 Å². The minimum atomic E-state index is 0.0937. The quantitative estimate of drug-likeness (QED) is 0.354. The van der Waals surface area contributed by atoms with Crippen molar-refractivity contribution in [3.05, 3.63) is 0 Å². The number of hydrogen-bond donors (Lipinski definition) is 0. The van der Waals surface area contributed by atoms with E-state index in [0.29, 0.717) is 21.7 Å². The van der Waals surface area contributed by atoms with Gasteiger partial charge in [-0.1, -0.05) is 17.8 Å². The molecule has 0 heteroatoms. The van der Waals surface area contributed by atoms with Crippen LogP contribution in [0.1, 0.15) is 116 Å². The molecule has 0 aromatic rings. The molecule has 12 saturated carbocycles. The number of rotatable bonds is 2. The Morgan fingerprint density at radius 1 is 0.361 bits per heavy atom. The van der Waals surface area contributed by atoms with Gasteiger partial charge in [0, 0.05) is 16.2 Å². The van der Waals surface area contributed by atoms with Gasteiger partial charge in [-0.3, -0.25) is 0 Å². The average molecular weight is 477 g/mol. The molecular formula is C36H44. The van der Waals surface area contributed by atoms with Crippen molar-refractivity contribution in [1.29, 1.82) is 0 Å². The van der Waals surface area contributed by atoms with Gasteiger partial charge in [0.05, 0.1) is 0 Å². The Kier molecular flexibility index (Phi) is 3.67. The van der Waals surface area contributed by atoms with E-state index in [1.54, 1.807) is 0 Å². The predicted octanol–water partition coefficient (Wildman–Crippen LogP) is 8.02. The fourth-order valence-corrected chi connectivity index (χ4v) is 15.9. The van der Waals surface area contributed by atoms with Gasteiger partial charge in [-0.25, -0.2) is 0 Å². The molecule has 12 aliphatic rings. The molecule has 12 rings (SSSR count). The summed E-state index contributed by atoms with van der Waals surface area (Å²) in [6.07, 6.45) is 44.6. The first kappa shape index (κ1) is 21.6. The lowest BCUT2D eigenvalue weighted by atomic mass is 9.26. The predicted molar refractivity (Wildman–Crippen MR) is 144 cm³/mol. The van der Waals surface area contributed by atoms with Crippen molar-refractivity contribution in [3.8, 4) is 37.0 Å². The van der Waals surface area contributed by atoms with Gasteiger partial charge in [0.2, 0.25) is 0 Å². The van der Waals surface area contributed by atoms with Crippen molar-refractivity contribution in [3.63, 3.8) is 0 Å². The largest absolute Gasteiger partial charge is 0.120 e. The molecule has 0 aromatic carbocycles. The summed E-state index contributed by atoms with van der Waals surface area (Å²) in [7, 11) is 0. The molecule has 0 aliphatic heterocycles. The highest BCUT2D eigenvalue weighted by Gasteiger charge is 2.75. The van der Waals surface area contributed by atoms with Gasteiger partial charge in [0.15, 0.2) is 0 Å². The molecule has 0 amide bonds. The third kappa shape index (κ3) is 2.33. The maximum absolute atomic E-state index is 6.41. The summed E-state index contributed by atoms with van der Waals surface area (Å²) in [6.45, 7) is 0. The van der Waals surface area contributed by atoms with Gasteiger partial charge >= 0.3 is 0 Å². The molecule has 0 aromatic heterocycles. The monoisotopic (exact) mass is 476 g/mol. The van der Waals surface area contributed by atoms with Crippen molar-refractivity contribution >= 4 is 0 Å². The van der Waals surface area contributed by atoms with Crippen LogP contribution in [0.15, 0.2) is 0 Å². The van der Waals surface area contributed by atoms with E-state index in [2.05, 4.69) is 17.8 Å². The van der Waals surface area contributed by atoms with Gasteiger partial charge in [0.25, 0.3) is 0 Å². The molecule has 0 spiro atoms. The maximum Gasteiger partial charge on any atom is 0.0334 e. The second kappa shape index (κ2) is 6.12. The van der Waals surface area contributed by atoms with E-state index in [0.717, 1.165) is 36.0 Å². The Morgan fingerprint density at radius 2 is 0.722 bits per heavy atom. The van der Waals surface area contributed by atoms with E-state index in [1.807, 2.05) is 0 Å². The Bertz CT molecular complexity index is 1120. The van der Waals surface area contributed by atoms with Crippen LogP contribution in [0, 0.1) is 105 Å². The first-order chi connectivity index (χ1) is 17.2. The standard InChI is InChI=1S/C36H44/c1-4-30-9-25-7-26(10-30)14-33(13-25,21-30)34-15-27-8-28(16-34)18-35(17-27,24-34)36-19-29-11-31(5-2,22-36)20-32(6-3,12-29)23-36/h1-3,25-29H,7-24H2. The lowest BCUT2D eigenvalue weighted by molar-refractivity contribution is -0.280. The van der Waals surface area contributed by atoms with Crippen molar-refractivity contribution in [2.24, 2.45) is 67.5 Å². The summed E-state index contributed by atoms with van der Waals surface area (Å²) in [5.41, 5.74) is 2.46. The Balaban J connectivity index is 1.18. The molecule has 12 fully saturated rings. The molecular weight excluding hydrogens is 432 g/mol. The van der Waals surface area contributed by atoms with Crippen LogP contribution in [-0.4, -0.2) is 0 Å². The topological polar surface area (TPSA) is 0 Å². The van der Waals surface area contributed by atoms with Gasteiger partial charge in [-0.15, -0.1) is 19.3 Å². The summed E-state index contributed by atoms with van der Waals surface area (Å²) >= 11 is 0. The Morgan fingerprint density at radius 3 is 1.22 bits per heavy atom. The molecule has 36 heavy (non-hydrogen) atoms. The lowest BCUT2D eigenvalue weighted by Gasteiger charge is -2.78. The summed E-state index contributed by atoms with van der Waals surface area (Å²) in [5, 5.41) is 0. The third-order valence-electron chi connectivity index (χ3n) is 15.4. The molecule has 0 nitrogen and oxygen atoms in total. The third-order valence-corrected chi connectivity index (χ3v) is 15.4. The van der Waals surface area contributed by atoms with E-state index in [1.165, 1.54) is 109 Å². The van der Waals surface area contributed by atoms with Crippen LogP contribution >= 0.6 is 0 Å². The van der Waals surface area contributed by atoms with E-state index in [4.69, 9.17) is 19.3 Å². The highest BCUT2D eigenvalue weighted by atomic mass is 14.8. The minimum absolute atomic E-state index is 0.0937. The fourth-order valence-electron chi connectivity index (χ4n) is 15.9. The fraction of sp³-hybridized carbons (Fsp3) is 0.833. The summed E-state index contributed by atoms with van der Waals surface area (Å²) < 4.78 is 0. The molecule has 0 N–H and O–H groups in total.